The maximum atomic E-state index is 13.3. The molecule has 112 valence electrons. The van der Waals surface area contributed by atoms with Gasteiger partial charge >= 0.3 is 0 Å². The molecule has 2 aromatic carbocycles. The average molecular weight is 312 g/mol. The molecule has 0 aliphatic heterocycles. The molecular weight excluding hydrogens is 296 g/mol. The molecule has 1 N–H and O–H groups in total. The van der Waals surface area contributed by atoms with Gasteiger partial charge in [-0.3, -0.25) is 0 Å². The Balaban J connectivity index is 2.30. The van der Waals surface area contributed by atoms with Crippen LogP contribution in [0.3, 0.4) is 0 Å². The topological polar surface area (TPSA) is 21.3 Å². The molecule has 1 unspecified atom stereocenters. The minimum atomic E-state index is -0.599. The van der Waals surface area contributed by atoms with Crippen molar-refractivity contribution in [3.8, 4) is 5.75 Å². The fourth-order valence-corrected chi connectivity index (χ4v) is 2.24. The van der Waals surface area contributed by atoms with Crippen molar-refractivity contribution < 1.29 is 13.5 Å². The van der Waals surface area contributed by atoms with Gasteiger partial charge in [0.05, 0.1) is 12.8 Å². The predicted octanol–water partition coefficient (Wildman–Crippen LogP) is 5.11. The van der Waals surface area contributed by atoms with E-state index in [-0.39, 0.29) is 6.04 Å². The summed E-state index contributed by atoms with van der Waals surface area (Å²) in [4.78, 5) is 0. The number of ether oxygens (including phenoxy) is 1. The van der Waals surface area contributed by atoms with Crippen LogP contribution in [0.15, 0.2) is 30.3 Å². The van der Waals surface area contributed by atoms with Crippen molar-refractivity contribution in [1.82, 2.24) is 0 Å². The van der Waals surface area contributed by atoms with Crippen molar-refractivity contribution >= 4 is 17.3 Å². The lowest BCUT2D eigenvalue weighted by molar-refractivity contribution is 0.416. The van der Waals surface area contributed by atoms with Gasteiger partial charge in [0.15, 0.2) is 0 Å². The SMILES string of the molecule is COc1cc(Cl)c(C)cc1NC(C)c1cc(F)cc(F)c1. The molecule has 2 aromatic rings. The van der Waals surface area contributed by atoms with Gasteiger partial charge in [-0.15, -0.1) is 0 Å². The molecule has 0 aliphatic carbocycles. The molecule has 0 aromatic heterocycles. The smallest absolute Gasteiger partial charge is 0.143 e. The first-order valence-corrected chi connectivity index (χ1v) is 6.85. The van der Waals surface area contributed by atoms with Gasteiger partial charge in [-0.2, -0.15) is 0 Å². The van der Waals surface area contributed by atoms with Crippen molar-refractivity contribution in [2.75, 3.05) is 12.4 Å². The van der Waals surface area contributed by atoms with Crippen LogP contribution < -0.4 is 10.1 Å². The molecule has 2 rings (SSSR count). The second-order valence-electron chi connectivity index (χ2n) is 4.87. The Hall–Kier alpha value is -1.81. The Morgan fingerprint density at radius 1 is 1.10 bits per heavy atom. The van der Waals surface area contributed by atoms with E-state index >= 15 is 0 Å². The normalized spacial score (nSPS) is 12.1. The molecule has 0 saturated heterocycles. The molecule has 0 radical (unpaired) electrons. The molecule has 0 aliphatic rings. The summed E-state index contributed by atoms with van der Waals surface area (Å²) in [5, 5.41) is 3.78. The lowest BCUT2D eigenvalue weighted by Gasteiger charge is -2.19. The Labute approximate surface area is 127 Å². The molecule has 0 bridgehead atoms. The fourth-order valence-electron chi connectivity index (χ4n) is 2.09. The Morgan fingerprint density at radius 3 is 2.29 bits per heavy atom. The summed E-state index contributed by atoms with van der Waals surface area (Å²) in [6.07, 6.45) is 0. The van der Waals surface area contributed by atoms with E-state index < -0.39 is 11.6 Å². The maximum Gasteiger partial charge on any atom is 0.143 e. The first-order chi connectivity index (χ1) is 9.90. The van der Waals surface area contributed by atoms with Crippen LogP contribution in [0, 0.1) is 18.6 Å². The second-order valence-corrected chi connectivity index (χ2v) is 5.28. The highest BCUT2D eigenvalue weighted by Crippen LogP contribution is 2.33. The Morgan fingerprint density at radius 2 is 1.71 bits per heavy atom. The first kappa shape index (κ1) is 15.6. The van der Waals surface area contributed by atoms with Gasteiger partial charge in [0.25, 0.3) is 0 Å². The summed E-state index contributed by atoms with van der Waals surface area (Å²) in [5.41, 5.74) is 2.12. The van der Waals surface area contributed by atoms with Crippen molar-refractivity contribution in [3.05, 3.63) is 58.1 Å². The number of hydrogen-bond acceptors (Lipinski definition) is 2. The predicted molar refractivity (Wildman–Crippen MR) is 81.1 cm³/mol. The summed E-state index contributed by atoms with van der Waals surface area (Å²) in [6, 6.07) is 6.71. The fraction of sp³-hybridized carbons (Fsp3) is 0.250. The number of benzene rings is 2. The molecule has 0 heterocycles. The van der Waals surface area contributed by atoms with E-state index in [1.807, 2.05) is 19.9 Å². The molecular formula is C16H16ClF2NO. The van der Waals surface area contributed by atoms with Gasteiger partial charge in [0.2, 0.25) is 0 Å². The number of hydrogen-bond donors (Lipinski definition) is 1. The lowest BCUT2D eigenvalue weighted by Crippen LogP contribution is -2.08. The van der Waals surface area contributed by atoms with Gasteiger partial charge in [0.1, 0.15) is 17.4 Å². The van der Waals surface area contributed by atoms with E-state index in [0.29, 0.717) is 16.3 Å². The number of methoxy groups -OCH3 is 1. The minimum absolute atomic E-state index is 0.287. The Kier molecular flexibility index (Phi) is 4.68. The quantitative estimate of drug-likeness (QED) is 0.847. The van der Waals surface area contributed by atoms with Crippen LogP contribution in [-0.4, -0.2) is 7.11 Å². The van der Waals surface area contributed by atoms with Crippen molar-refractivity contribution in [2.45, 2.75) is 19.9 Å². The number of rotatable bonds is 4. The third-order valence-electron chi connectivity index (χ3n) is 3.24. The molecule has 0 spiro atoms. The molecule has 1 atom stereocenters. The van der Waals surface area contributed by atoms with Gasteiger partial charge in [-0.25, -0.2) is 8.78 Å². The monoisotopic (exact) mass is 311 g/mol. The number of nitrogens with one attached hydrogen (secondary N) is 1. The van der Waals surface area contributed by atoms with Crippen molar-refractivity contribution in [1.29, 1.82) is 0 Å². The van der Waals surface area contributed by atoms with Crippen molar-refractivity contribution in [3.63, 3.8) is 0 Å². The van der Waals surface area contributed by atoms with Crippen LogP contribution in [0.4, 0.5) is 14.5 Å². The minimum Gasteiger partial charge on any atom is -0.495 e. The van der Waals surface area contributed by atoms with Crippen LogP contribution >= 0.6 is 11.6 Å². The summed E-state index contributed by atoms with van der Waals surface area (Å²) < 4.78 is 31.8. The number of aryl methyl sites for hydroxylation is 1. The summed E-state index contributed by atoms with van der Waals surface area (Å²) in [6.45, 7) is 3.69. The van der Waals surface area contributed by atoms with Crippen LogP contribution in [0.2, 0.25) is 5.02 Å². The van der Waals surface area contributed by atoms with E-state index in [1.54, 1.807) is 13.2 Å². The number of halogens is 3. The molecule has 0 fully saturated rings. The second kappa shape index (κ2) is 6.31. The summed E-state index contributed by atoms with van der Waals surface area (Å²) in [7, 11) is 1.54. The maximum absolute atomic E-state index is 13.3. The van der Waals surface area contributed by atoms with E-state index in [9.17, 15) is 8.78 Å². The zero-order valence-corrected chi connectivity index (χ0v) is 12.8. The zero-order chi connectivity index (χ0) is 15.6. The van der Waals surface area contributed by atoms with Crippen molar-refractivity contribution in [2.24, 2.45) is 0 Å². The zero-order valence-electron chi connectivity index (χ0n) is 12.0. The molecule has 0 saturated carbocycles. The van der Waals surface area contributed by atoms with E-state index in [4.69, 9.17) is 16.3 Å². The highest BCUT2D eigenvalue weighted by molar-refractivity contribution is 6.31. The van der Waals surface area contributed by atoms with E-state index in [0.717, 1.165) is 17.3 Å². The molecule has 2 nitrogen and oxygen atoms in total. The average Bonchev–Trinajstić information content (AvgIpc) is 2.41. The third kappa shape index (κ3) is 3.64. The standard InChI is InChI=1S/C16H16ClF2NO/c1-9-4-15(16(21-3)8-14(9)17)20-10(2)11-5-12(18)7-13(19)6-11/h4-8,10,20H,1-3H3. The highest BCUT2D eigenvalue weighted by Gasteiger charge is 2.13. The van der Waals surface area contributed by atoms with Gasteiger partial charge in [-0.1, -0.05) is 11.6 Å². The van der Waals surface area contributed by atoms with Crippen LogP contribution in [0.25, 0.3) is 0 Å². The summed E-state index contributed by atoms with van der Waals surface area (Å²) >= 11 is 6.05. The largest absolute Gasteiger partial charge is 0.495 e. The van der Waals surface area contributed by atoms with E-state index in [1.165, 1.54) is 12.1 Å². The third-order valence-corrected chi connectivity index (χ3v) is 3.64. The summed E-state index contributed by atoms with van der Waals surface area (Å²) in [5.74, 6) is -0.620. The van der Waals surface area contributed by atoms with Crippen LogP contribution in [0.1, 0.15) is 24.1 Å². The lowest BCUT2D eigenvalue weighted by atomic mass is 10.1. The highest BCUT2D eigenvalue weighted by atomic mass is 35.5. The molecule has 21 heavy (non-hydrogen) atoms. The first-order valence-electron chi connectivity index (χ1n) is 6.47. The molecule has 5 heteroatoms. The Bertz CT molecular complexity index is 641. The van der Waals surface area contributed by atoms with Gasteiger partial charge in [0, 0.05) is 23.2 Å². The van der Waals surface area contributed by atoms with E-state index in [2.05, 4.69) is 5.32 Å². The molecule has 0 amide bonds. The van der Waals surface area contributed by atoms with Crippen LogP contribution in [0.5, 0.6) is 5.75 Å². The number of anilines is 1. The van der Waals surface area contributed by atoms with Gasteiger partial charge < -0.3 is 10.1 Å². The van der Waals surface area contributed by atoms with Crippen LogP contribution in [-0.2, 0) is 0 Å². The van der Waals surface area contributed by atoms with Gasteiger partial charge in [-0.05, 0) is 43.2 Å².